The van der Waals surface area contributed by atoms with Crippen LogP contribution in [0.5, 0.6) is 0 Å². The van der Waals surface area contributed by atoms with E-state index < -0.39 is 0 Å². The topological polar surface area (TPSA) is 82.6 Å². The first kappa shape index (κ1) is 32.7. The molecule has 7 heteroatoms. The summed E-state index contributed by atoms with van der Waals surface area (Å²) in [5.74, 6) is 0.174. The zero-order chi connectivity index (χ0) is 28.7. The van der Waals surface area contributed by atoms with Crippen molar-refractivity contribution in [3.05, 3.63) is 77.1 Å². The second-order valence-corrected chi connectivity index (χ2v) is 9.71. The Morgan fingerprint density at radius 1 is 1.00 bits per heavy atom. The van der Waals surface area contributed by atoms with Gasteiger partial charge in [-0.05, 0) is 77.9 Å². The van der Waals surface area contributed by atoms with Gasteiger partial charge in [0.15, 0.2) is 5.78 Å². The Morgan fingerprint density at radius 3 is 2.08 bits per heavy atom. The quantitative estimate of drug-likeness (QED) is 0.402. The molecule has 2 amide bonds. The molecule has 0 saturated carbocycles. The van der Waals surface area contributed by atoms with Crippen molar-refractivity contribution in [1.82, 2.24) is 20.1 Å². The highest BCUT2D eigenvalue weighted by Gasteiger charge is 2.19. The van der Waals surface area contributed by atoms with E-state index >= 15 is 0 Å². The third-order valence-electron chi connectivity index (χ3n) is 6.36. The molecule has 1 N–H and O–H groups in total. The SMILES string of the molecule is C=CC(=O)N[C@H](CC)CCC.CC(=O)c1ccc(C)nc1C.Cc1ccc(C(=O)N2CCN(C)CC2)cc1. The van der Waals surface area contributed by atoms with E-state index in [2.05, 4.69) is 42.7 Å². The summed E-state index contributed by atoms with van der Waals surface area (Å²) in [6.45, 7) is 18.5. The number of benzene rings is 1. The average molecular weight is 523 g/mol. The second-order valence-electron chi connectivity index (χ2n) is 9.71. The number of piperazine rings is 1. The van der Waals surface area contributed by atoms with Gasteiger partial charge in [-0.25, -0.2) is 0 Å². The van der Waals surface area contributed by atoms with Crippen LogP contribution in [0.2, 0.25) is 0 Å². The van der Waals surface area contributed by atoms with Gasteiger partial charge in [0.25, 0.3) is 5.91 Å². The van der Waals surface area contributed by atoms with E-state index in [4.69, 9.17) is 0 Å². The van der Waals surface area contributed by atoms with Gasteiger partial charge < -0.3 is 15.1 Å². The minimum absolute atomic E-state index is 0.0645. The molecule has 1 aliphatic rings. The minimum atomic E-state index is -0.0645. The van der Waals surface area contributed by atoms with Crippen LogP contribution in [-0.4, -0.2) is 71.6 Å². The molecule has 0 radical (unpaired) electrons. The van der Waals surface area contributed by atoms with Crippen LogP contribution in [-0.2, 0) is 4.79 Å². The Bertz CT molecular complexity index is 1040. The molecule has 208 valence electrons. The highest BCUT2D eigenvalue weighted by molar-refractivity contribution is 5.95. The Balaban J connectivity index is 0.000000295. The maximum Gasteiger partial charge on any atom is 0.253 e. The molecular formula is C31H46N4O3. The monoisotopic (exact) mass is 522 g/mol. The number of hydrogen-bond acceptors (Lipinski definition) is 5. The van der Waals surface area contributed by atoms with Crippen molar-refractivity contribution >= 4 is 17.6 Å². The van der Waals surface area contributed by atoms with E-state index in [1.165, 1.54) is 11.6 Å². The summed E-state index contributed by atoms with van der Waals surface area (Å²) < 4.78 is 0. The van der Waals surface area contributed by atoms with Gasteiger partial charge in [0.05, 0.1) is 0 Å². The molecule has 1 saturated heterocycles. The van der Waals surface area contributed by atoms with Gasteiger partial charge in [-0.1, -0.05) is 44.5 Å². The van der Waals surface area contributed by atoms with Crippen LogP contribution >= 0.6 is 0 Å². The molecule has 1 aromatic heterocycles. The van der Waals surface area contributed by atoms with Crippen molar-refractivity contribution in [3.63, 3.8) is 0 Å². The molecule has 0 aliphatic carbocycles. The fourth-order valence-electron chi connectivity index (χ4n) is 3.93. The highest BCUT2D eigenvalue weighted by Crippen LogP contribution is 2.09. The Hall–Kier alpha value is -3.32. The van der Waals surface area contributed by atoms with Crippen LogP contribution in [0.15, 0.2) is 49.1 Å². The van der Waals surface area contributed by atoms with Gasteiger partial charge >= 0.3 is 0 Å². The molecule has 0 bridgehead atoms. The lowest BCUT2D eigenvalue weighted by Gasteiger charge is -2.32. The van der Waals surface area contributed by atoms with Gasteiger partial charge in [-0.15, -0.1) is 0 Å². The minimum Gasteiger partial charge on any atom is -0.350 e. The van der Waals surface area contributed by atoms with Crippen molar-refractivity contribution in [2.45, 2.75) is 66.8 Å². The smallest absolute Gasteiger partial charge is 0.253 e. The van der Waals surface area contributed by atoms with Crippen molar-refractivity contribution in [3.8, 4) is 0 Å². The zero-order valence-corrected chi connectivity index (χ0v) is 24.3. The highest BCUT2D eigenvalue weighted by atomic mass is 16.2. The Labute approximate surface area is 229 Å². The van der Waals surface area contributed by atoms with Gasteiger partial charge in [-0.2, -0.15) is 0 Å². The number of Topliss-reactive ketones (excluding diaryl/α,β-unsaturated/α-hetero) is 1. The molecule has 0 spiro atoms. The molecule has 38 heavy (non-hydrogen) atoms. The molecule has 1 atom stereocenters. The normalized spacial score (nSPS) is 13.7. The first-order chi connectivity index (χ1) is 18.0. The number of carbonyl (C=O) groups excluding carboxylic acids is 3. The predicted molar refractivity (Wildman–Crippen MR) is 156 cm³/mol. The fourth-order valence-corrected chi connectivity index (χ4v) is 3.93. The van der Waals surface area contributed by atoms with E-state index in [1.54, 1.807) is 6.92 Å². The third-order valence-corrected chi connectivity index (χ3v) is 6.36. The zero-order valence-electron chi connectivity index (χ0n) is 24.3. The second kappa shape index (κ2) is 17.2. The maximum atomic E-state index is 12.1. The third kappa shape index (κ3) is 11.8. The molecule has 2 aromatic rings. The molecule has 7 nitrogen and oxygen atoms in total. The number of nitrogens with one attached hydrogen (secondary N) is 1. The van der Waals surface area contributed by atoms with Crippen molar-refractivity contribution in [1.29, 1.82) is 0 Å². The number of likely N-dealkylation sites (N-methyl/N-ethyl adjacent to an activating group) is 1. The summed E-state index contributed by atoms with van der Waals surface area (Å²) in [4.78, 5) is 42.2. The van der Waals surface area contributed by atoms with E-state index in [9.17, 15) is 14.4 Å². The summed E-state index contributed by atoms with van der Waals surface area (Å²) in [5, 5.41) is 2.86. The van der Waals surface area contributed by atoms with Crippen LogP contribution in [0.1, 0.15) is 77.7 Å². The summed E-state index contributed by atoms with van der Waals surface area (Å²) >= 11 is 0. The number of amides is 2. The largest absolute Gasteiger partial charge is 0.350 e. The Kier molecular flexibility index (Phi) is 14.8. The summed E-state index contributed by atoms with van der Waals surface area (Å²) in [5.41, 5.74) is 4.48. The number of aryl methyl sites for hydroxylation is 3. The molecular weight excluding hydrogens is 476 g/mol. The molecule has 0 unspecified atom stereocenters. The first-order valence-electron chi connectivity index (χ1n) is 13.4. The Morgan fingerprint density at radius 2 is 1.61 bits per heavy atom. The summed E-state index contributed by atoms with van der Waals surface area (Å²) in [6, 6.07) is 11.8. The first-order valence-corrected chi connectivity index (χ1v) is 13.4. The van der Waals surface area contributed by atoms with E-state index in [0.29, 0.717) is 6.04 Å². The van der Waals surface area contributed by atoms with E-state index in [0.717, 1.165) is 68.0 Å². The number of carbonyl (C=O) groups is 3. The lowest BCUT2D eigenvalue weighted by Crippen LogP contribution is -2.47. The van der Waals surface area contributed by atoms with Crippen LogP contribution in [0.4, 0.5) is 0 Å². The molecule has 1 aromatic carbocycles. The van der Waals surface area contributed by atoms with Crippen molar-refractivity contribution in [2.24, 2.45) is 0 Å². The summed E-state index contributed by atoms with van der Waals surface area (Å²) in [7, 11) is 2.09. The number of pyridine rings is 1. The lowest BCUT2D eigenvalue weighted by molar-refractivity contribution is -0.117. The fraction of sp³-hybridized carbons (Fsp3) is 0.484. The molecule has 1 aliphatic heterocycles. The average Bonchev–Trinajstić information content (AvgIpc) is 2.89. The number of ketones is 1. The number of rotatable bonds is 7. The standard InChI is InChI=1S/C13H18N2O.C9H11NO.C9H17NO/c1-11-3-5-12(6-4-11)13(16)15-9-7-14(2)8-10-15;1-6-4-5-9(8(3)11)7(2)10-6;1-4-7-8(5-2)10-9(11)6-3/h3-6H,7-10H2,1-2H3;4-5H,1-3H3;6,8H,3-5,7H2,1-2H3,(H,10,11)/t;;8-/m..1/s1. The van der Waals surface area contributed by atoms with Crippen LogP contribution in [0, 0.1) is 20.8 Å². The molecule has 3 rings (SSSR count). The van der Waals surface area contributed by atoms with Crippen molar-refractivity contribution in [2.75, 3.05) is 33.2 Å². The molecule has 1 fully saturated rings. The van der Waals surface area contributed by atoms with Crippen LogP contribution in [0.25, 0.3) is 0 Å². The maximum absolute atomic E-state index is 12.1. The predicted octanol–water partition coefficient (Wildman–Crippen LogP) is 5.15. The van der Waals surface area contributed by atoms with Gasteiger partial charge in [0.1, 0.15) is 0 Å². The van der Waals surface area contributed by atoms with Crippen molar-refractivity contribution < 1.29 is 14.4 Å². The number of nitrogens with zero attached hydrogens (tertiary/aromatic N) is 3. The number of aromatic nitrogens is 1. The van der Waals surface area contributed by atoms with E-state index in [1.807, 2.05) is 62.1 Å². The molecule has 2 heterocycles. The van der Waals surface area contributed by atoms with Crippen LogP contribution in [0.3, 0.4) is 0 Å². The van der Waals surface area contributed by atoms with Gasteiger partial charge in [0.2, 0.25) is 5.91 Å². The summed E-state index contributed by atoms with van der Waals surface area (Å²) in [6.07, 6.45) is 4.47. The van der Waals surface area contributed by atoms with E-state index in [-0.39, 0.29) is 17.6 Å². The number of hydrogen-bond donors (Lipinski definition) is 1. The lowest BCUT2D eigenvalue weighted by atomic mass is 10.1. The van der Waals surface area contributed by atoms with Gasteiger partial charge in [0, 0.05) is 54.7 Å². The van der Waals surface area contributed by atoms with Crippen LogP contribution < -0.4 is 5.32 Å². The van der Waals surface area contributed by atoms with Gasteiger partial charge in [-0.3, -0.25) is 19.4 Å².